The summed E-state index contributed by atoms with van der Waals surface area (Å²) in [4.78, 5) is 19.5. The van der Waals surface area contributed by atoms with Crippen LogP contribution in [0, 0.1) is 6.92 Å². The van der Waals surface area contributed by atoms with Gasteiger partial charge in [0.2, 0.25) is 0 Å². The highest BCUT2D eigenvalue weighted by atomic mass is 16.3. The van der Waals surface area contributed by atoms with Crippen LogP contribution in [0.4, 0.5) is 5.82 Å². The molecule has 3 N–H and O–H groups in total. The average molecular weight is 260 g/mol. The van der Waals surface area contributed by atoms with Crippen molar-refractivity contribution in [2.75, 3.05) is 5.32 Å². The summed E-state index contributed by atoms with van der Waals surface area (Å²) in [7, 11) is 0. The lowest BCUT2D eigenvalue weighted by atomic mass is 10.3. The molecule has 0 aliphatic heterocycles. The zero-order valence-corrected chi connectivity index (χ0v) is 10.9. The normalized spacial score (nSPS) is 10.4. The number of amides is 1. The van der Waals surface area contributed by atoms with Crippen LogP contribution in [-0.2, 0) is 13.0 Å². The molecular formula is C13H16N4O2. The zero-order valence-electron chi connectivity index (χ0n) is 10.9. The summed E-state index contributed by atoms with van der Waals surface area (Å²) in [5, 5.41) is 3.13. The molecule has 19 heavy (non-hydrogen) atoms. The Hall–Kier alpha value is -2.37. The molecule has 1 amide bonds. The van der Waals surface area contributed by atoms with Crippen LogP contribution in [0.2, 0.25) is 0 Å². The van der Waals surface area contributed by atoms with Crippen molar-refractivity contribution in [1.29, 1.82) is 0 Å². The van der Waals surface area contributed by atoms with E-state index in [1.54, 1.807) is 12.1 Å². The van der Waals surface area contributed by atoms with Crippen molar-refractivity contribution in [1.82, 2.24) is 9.97 Å². The highest BCUT2D eigenvalue weighted by molar-refractivity contribution is 5.89. The fraction of sp³-hybridized carbons (Fsp3) is 0.308. The molecule has 0 fully saturated rings. The fourth-order valence-electron chi connectivity index (χ4n) is 1.68. The molecule has 2 aromatic rings. The Morgan fingerprint density at radius 2 is 2.21 bits per heavy atom. The highest BCUT2D eigenvalue weighted by Gasteiger charge is 2.07. The third-order valence-electron chi connectivity index (χ3n) is 2.60. The van der Waals surface area contributed by atoms with Gasteiger partial charge in [-0.05, 0) is 25.5 Å². The largest absolute Gasteiger partial charge is 0.454 e. The van der Waals surface area contributed by atoms with Crippen LogP contribution >= 0.6 is 0 Å². The van der Waals surface area contributed by atoms with Gasteiger partial charge in [-0.15, -0.1) is 0 Å². The van der Waals surface area contributed by atoms with Crippen molar-refractivity contribution in [3.63, 3.8) is 0 Å². The first-order chi connectivity index (χ1) is 9.08. The summed E-state index contributed by atoms with van der Waals surface area (Å²) in [6, 6.07) is 5.16. The van der Waals surface area contributed by atoms with Gasteiger partial charge in [-0.25, -0.2) is 9.97 Å². The molecule has 0 saturated carbocycles. The quantitative estimate of drug-likeness (QED) is 0.852. The monoisotopic (exact) mass is 260 g/mol. The molecule has 0 aromatic carbocycles. The van der Waals surface area contributed by atoms with Crippen LogP contribution in [0.5, 0.6) is 0 Å². The molecule has 100 valence electrons. The number of hydrogen-bond acceptors (Lipinski definition) is 5. The van der Waals surface area contributed by atoms with Crippen LogP contribution in [0.1, 0.15) is 34.8 Å². The smallest absolute Gasteiger partial charge is 0.284 e. The predicted molar refractivity (Wildman–Crippen MR) is 70.7 cm³/mol. The van der Waals surface area contributed by atoms with E-state index in [9.17, 15) is 4.79 Å². The van der Waals surface area contributed by atoms with Gasteiger partial charge in [0, 0.05) is 11.8 Å². The first kappa shape index (κ1) is 13.1. The van der Waals surface area contributed by atoms with Crippen molar-refractivity contribution < 1.29 is 9.21 Å². The number of aryl methyl sites for hydroxylation is 2. The maximum atomic E-state index is 10.9. The number of aromatic nitrogens is 2. The maximum Gasteiger partial charge on any atom is 0.284 e. The predicted octanol–water partition coefficient (Wildman–Crippen LogP) is 1.65. The molecule has 0 radical (unpaired) electrons. The minimum atomic E-state index is -0.572. The van der Waals surface area contributed by atoms with E-state index in [1.165, 1.54) is 0 Å². The third kappa shape index (κ3) is 3.31. The first-order valence-electron chi connectivity index (χ1n) is 6.05. The topological polar surface area (TPSA) is 94.0 Å². The molecule has 0 bridgehead atoms. The average Bonchev–Trinajstić information content (AvgIpc) is 2.84. The molecule has 6 heteroatoms. The molecular weight excluding hydrogens is 244 g/mol. The Morgan fingerprint density at radius 3 is 2.84 bits per heavy atom. The summed E-state index contributed by atoms with van der Waals surface area (Å²) in [5.41, 5.74) is 6.10. The van der Waals surface area contributed by atoms with E-state index in [-0.39, 0.29) is 5.76 Å². The molecule has 6 nitrogen and oxygen atoms in total. The SMILES string of the molecule is CCc1cc(NCc2ccc(C(N)=O)o2)nc(C)n1. The van der Waals surface area contributed by atoms with E-state index in [4.69, 9.17) is 10.2 Å². The Balaban J connectivity index is 2.05. The Morgan fingerprint density at radius 1 is 1.42 bits per heavy atom. The number of carbonyl (C=O) groups excluding carboxylic acids is 1. The molecule has 2 rings (SSSR count). The Bertz CT molecular complexity index is 592. The molecule has 0 saturated heterocycles. The summed E-state index contributed by atoms with van der Waals surface area (Å²) in [6.45, 7) is 4.33. The van der Waals surface area contributed by atoms with Crippen LogP contribution in [0.3, 0.4) is 0 Å². The molecule has 0 aliphatic carbocycles. The number of carbonyl (C=O) groups is 1. The molecule has 0 aliphatic rings. The molecule has 2 aromatic heterocycles. The second-order valence-corrected chi connectivity index (χ2v) is 4.13. The molecule has 2 heterocycles. The molecule has 0 atom stereocenters. The number of nitrogens with two attached hydrogens (primary N) is 1. The minimum Gasteiger partial charge on any atom is -0.454 e. The van der Waals surface area contributed by atoms with Crippen molar-refractivity contribution >= 4 is 11.7 Å². The van der Waals surface area contributed by atoms with Gasteiger partial charge in [-0.3, -0.25) is 4.79 Å². The lowest BCUT2D eigenvalue weighted by molar-refractivity contribution is 0.0972. The number of nitrogens with zero attached hydrogens (tertiary/aromatic N) is 2. The summed E-state index contributed by atoms with van der Waals surface area (Å²) in [5.74, 6) is 1.67. The van der Waals surface area contributed by atoms with E-state index >= 15 is 0 Å². The standard InChI is InChI=1S/C13H16N4O2/c1-3-9-6-12(17-8(2)16-9)15-7-10-4-5-11(19-10)13(14)18/h4-6H,3,7H2,1-2H3,(H2,14,18)(H,15,16,17). The van der Waals surface area contributed by atoms with Gasteiger partial charge in [0.1, 0.15) is 17.4 Å². The lowest BCUT2D eigenvalue weighted by Gasteiger charge is -2.06. The number of hydrogen-bond donors (Lipinski definition) is 2. The van der Waals surface area contributed by atoms with Gasteiger partial charge in [0.15, 0.2) is 5.76 Å². The second kappa shape index (κ2) is 5.51. The van der Waals surface area contributed by atoms with E-state index in [2.05, 4.69) is 15.3 Å². The zero-order chi connectivity index (χ0) is 13.8. The van der Waals surface area contributed by atoms with E-state index in [0.29, 0.717) is 12.3 Å². The van der Waals surface area contributed by atoms with Gasteiger partial charge in [0.25, 0.3) is 5.91 Å². The van der Waals surface area contributed by atoms with Crippen LogP contribution in [0.25, 0.3) is 0 Å². The van der Waals surface area contributed by atoms with Crippen molar-refractivity contribution in [3.8, 4) is 0 Å². The summed E-state index contributed by atoms with van der Waals surface area (Å²) >= 11 is 0. The second-order valence-electron chi connectivity index (χ2n) is 4.13. The van der Waals surface area contributed by atoms with Crippen LogP contribution in [0.15, 0.2) is 22.6 Å². The van der Waals surface area contributed by atoms with Gasteiger partial charge in [-0.2, -0.15) is 0 Å². The third-order valence-corrected chi connectivity index (χ3v) is 2.60. The Labute approximate surface area is 111 Å². The van der Waals surface area contributed by atoms with E-state index in [0.717, 1.165) is 23.8 Å². The van der Waals surface area contributed by atoms with Gasteiger partial charge in [0.05, 0.1) is 6.54 Å². The van der Waals surface area contributed by atoms with Gasteiger partial charge < -0.3 is 15.5 Å². The van der Waals surface area contributed by atoms with E-state index < -0.39 is 5.91 Å². The molecule has 0 spiro atoms. The summed E-state index contributed by atoms with van der Waals surface area (Å²) in [6.07, 6.45) is 0.852. The first-order valence-corrected chi connectivity index (χ1v) is 6.05. The molecule has 0 unspecified atom stereocenters. The van der Waals surface area contributed by atoms with Crippen molar-refractivity contribution in [2.45, 2.75) is 26.8 Å². The number of anilines is 1. The van der Waals surface area contributed by atoms with E-state index in [1.807, 2.05) is 19.9 Å². The highest BCUT2D eigenvalue weighted by Crippen LogP contribution is 2.11. The Kier molecular flexibility index (Phi) is 3.79. The van der Waals surface area contributed by atoms with Crippen LogP contribution in [-0.4, -0.2) is 15.9 Å². The van der Waals surface area contributed by atoms with Crippen LogP contribution < -0.4 is 11.1 Å². The summed E-state index contributed by atoms with van der Waals surface area (Å²) < 4.78 is 5.27. The minimum absolute atomic E-state index is 0.157. The number of furan rings is 1. The van der Waals surface area contributed by atoms with Gasteiger partial charge >= 0.3 is 0 Å². The van der Waals surface area contributed by atoms with Crippen molar-refractivity contribution in [3.05, 3.63) is 41.2 Å². The fourth-order valence-corrected chi connectivity index (χ4v) is 1.68. The van der Waals surface area contributed by atoms with Crippen molar-refractivity contribution in [2.24, 2.45) is 5.73 Å². The van der Waals surface area contributed by atoms with Gasteiger partial charge in [-0.1, -0.05) is 6.92 Å². The number of primary amides is 1. The lowest BCUT2D eigenvalue weighted by Crippen LogP contribution is -2.09. The number of rotatable bonds is 5. The maximum absolute atomic E-state index is 10.9. The number of nitrogens with one attached hydrogen (secondary N) is 1.